The van der Waals surface area contributed by atoms with Crippen molar-refractivity contribution in [1.82, 2.24) is 5.32 Å². The molecule has 0 fully saturated rings. The highest BCUT2D eigenvalue weighted by Gasteiger charge is 2.26. The van der Waals surface area contributed by atoms with Crippen LogP contribution in [-0.4, -0.2) is 30.8 Å². The van der Waals surface area contributed by atoms with Gasteiger partial charge in [-0.1, -0.05) is 12.1 Å². The van der Waals surface area contributed by atoms with Gasteiger partial charge < -0.3 is 10.6 Å². The zero-order valence-electron chi connectivity index (χ0n) is 9.90. The molecule has 0 unspecified atom stereocenters. The molecule has 2 rings (SSSR count). The van der Waals surface area contributed by atoms with Crippen molar-refractivity contribution in [2.75, 3.05) is 23.3 Å². The minimum Gasteiger partial charge on any atom is -0.347 e. The van der Waals surface area contributed by atoms with Gasteiger partial charge in [0.25, 0.3) is 0 Å². The molecule has 6 heteroatoms. The van der Waals surface area contributed by atoms with Crippen LogP contribution >= 0.6 is 0 Å². The number of nitrogens with zero attached hydrogens (tertiary/aromatic N) is 1. The van der Waals surface area contributed by atoms with Gasteiger partial charge in [-0.3, -0.25) is 19.3 Å². The van der Waals surface area contributed by atoms with Gasteiger partial charge in [-0.2, -0.15) is 0 Å². The van der Waals surface area contributed by atoms with Gasteiger partial charge in [-0.05, 0) is 12.1 Å². The number of carbonyl (C=O) groups excluding carboxylic acids is 3. The predicted molar refractivity (Wildman–Crippen MR) is 66.1 cm³/mol. The van der Waals surface area contributed by atoms with Crippen LogP contribution in [-0.2, 0) is 14.4 Å². The topological polar surface area (TPSA) is 78.5 Å². The number of hydrogen-bond donors (Lipinski definition) is 2. The third-order valence-corrected chi connectivity index (χ3v) is 2.56. The summed E-state index contributed by atoms with van der Waals surface area (Å²) in [4.78, 5) is 35.6. The second-order valence-electron chi connectivity index (χ2n) is 3.95. The number of carbonyl (C=O) groups is 3. The molecule has 1 heterocycles. The summed E-state index contributed by atoms with van der Waals surface area (Å²) in [7, 11) is 0. The lowest BCUT2D eigenvalue weighted by Crippen LogP contribution is -2.46. The van der Waals surface area contributed by atoms with Gasteiger partial charge in [0.05, 0.1) is 17.9 Å². The molecule has 1 aromatic rings. The highest BCUT2D eigenvalue weighted by molar-refractivity contribution is 6.10. The number of para-hydroxylation sites is 2. The average molecular weight is 247 g/mol. The van der Waals surface area contributed by atoms with Crippen LogP contribution in [0.3, 0.4) is 0 Å². The summed E-state index contributed by atoms with van der Waals surface area (Å²) in [6, 6.07) is 7.04. The molecular weight excluding hydrogens is 234 g/mol. The summed E-state index contributed by atoms with van der Waals surface area (Å²) in [5, 5.41) is 5.12. The van der Waals surface area contributed by atoms with E-state index in [2.05, 4.69) is 10.6 Å². The Morgan fingerprint density at radius 3 is 2.83 bits per heavy atom. The van der Waals surface area contributed by atoms with Crippen LogP contribution in [0.5, 0.6) is 0 Å². The molecule has 0 aliphatic carbocycles. The van der Waals surface area contributed by atoms with Gasteiger partial charge in [0.2, 0.25) is 17.7 Å². The molecule has 0 saturated heterocycles. The van der Waals surface area contributed by atoms with Crippen LogP contribution in [0.25, 0.3) is 0 Å². The third kappa shape index (κ3) is 2.48. The first kappa shape index (κ1) is 12.1. The molecule has 3 amide bonds. The number of amides is 3. The summed E-state index contributed by atoms with van der Waals surface area (Å²) in [6.45, 7) is 1.19. The van der Waals surface area contributed by atoms with Crippen LogP contribution in [0.1, 0.15) is 6.92 Å². The smallest absolute Gasteiger partial charge is 0.246 e. The SMILES string of the molecule is CC(=O)NCC(=O)N1CC(=O)Nc2ccccc21. The Bertz CT molecular complexity index is 513. The van der Waals surface area contributed by atoms with Crippen LogP contribution in [0, 0.1) is 0 Å². The Labute approximate surface area is 104 Å². The van der Waals surface area contributed by atoms with Crippen molar-refractivity contribution < 1.29 is 14.4 Å². The molecule has 0 spiro atoms. The van der Waals surface area contributed by atoms with E-state index in [1.54, 1.807) is 24.3 Å². The van der Waals surface area contributed by atoms with Crippen LogP contribution < -0.4 is 15.5 Å². The maximum absolute atomic E-state index is 11.9. The van der Waals surface area contributed by atoms with E-state index in [1.807, 2.05) is 0 Å². The molecule has 0 saturated carbocycles. The van der Waals surface area contributed by atoms with Crippen LogP contribution in [0.2, 0.25) is 0 Å². The monoisotopic (exact) mass is 247 g/mol. The number of benzene rings is 1. The summed E-state index contributed by atoms with van der Waals surface area (Å²) in [5.41, 5.74) is 1.25. The van der Waals surface area contributed by atoms with Gasteiger partial charge in [0.1, 0.15) is 6.54 Å². The average Bonchev–Trinajstić information content (AvgIpc) is 2.34. The quantitative estimate of drug-likeness (QED) is 0.778. The van der Waals surface area contributed by atoms with E-state index in [0.717, 1.165) is 0 Å². The molecule has 1 aromatic carbocycles. The lowest BCUT2D eigenvalue weighted by Gasteiger charge is -2.29. The van der Waals surface area contributed by atoms with E-state index >= 15 is 0 Å². The number of rotatable bonds is 2. The van der Waals surface area contributed by atoms with Gasteiger partial charge in [-0.25, -0.2) is 0 Å². The highest BCUT2D eigenvalue weighted by atomic mass is 16.2. The van der Waals surface area contributed by atoms with Gasteiger partial charge in [0.15, 0.2) is 0 Å². The first-order chi connectivity index (χ1) is 8.58. The van der Waals surface area contributed by atoms with Crippen LogP contribution in [0.15, 0.2) is 24.3 Å². The summed E-state index contributed by atoms with van der Waals surface area (Å²) in [5.74, 6) is -0.838. The van der Waals surface area contributed by atoms with E-state index in [1.165, 1.54) is 11.8 Å². The largest absolute Gasteiger partial charge is 0.347 e. The molecule has 0 bridgehead atoms. The van der Waals surface area contributed by atoms with E-state index in [4.69, 9.17) is 0 Å². The Kier molecular flexibility index (Phi) is 3.27. The molecule has 94 valence electrons. The standard InChI is InChI=1S/C12H13N3O3/c1-8(16)13-6-12(18)15-7-11(17)14-9-4-2-3-5-10(9)15/h2-5H,6-7H2,1H3,(H,13,16)(H,14,17). The molecule has 6 nitrogen and oxygen atoms in total. The van der Waals surface area contributed by atoms with E-state index in [9.17, 15) is 14.4 Å². The normalized spacial score (nSPS) is 13.6. The molecule has 1 aliphatic rings. The van der Waals surface area contributed by atoms with Crippen molar-refractivity contribution in [3.8, 4) is 0 Å². The fourth-order valence-electron chi connectivity index (χ4n) is 1.75. The molecule has 18 heavy (non-hydrogen) atoms. The minimum absolute atomic E-state index is 0.0323. The second-order valence-corrected chi connectivity index (χ2v) is 3.95. The van der Waals surface area contributed by atoms with Crippen molar-refractivity contribution >= 4 is 29.1 Å². The van der Waals surface area contributed by atoms with E-state index < -0.39 is 0 Å². The highest BCUT2D eigenvalue weighted by Crippen LogP contribution is 2.28. The fourth-order valence-corrected chi connectivity index (χ4v) is 1.75. The Morgan fingerprint density at radius 2 is 2.11 bits per heavy atom. The third-order valence-electron chi connectivity index (χ3n) is 2.56. The van der Waals surface area contributed by atoms with Crippen LogP contribution in [0.4, 0.5) is 11.4 Å². The van der Waals surface area contributed by atoms with Crippen molar-refractivity contribution in [2.45, 2.75) is 6.92 Å². The molecule has 2 N–H and O–H groups in total. The zero-order valence-corrected chi connectivity index (χ0v) is 9.90. The first-order valence-electron chi connectivity index (χ1n) is 5.51. The summed E-state index contributed by atoms with van der Waals surface area (Å²) in [6.07, 6.45) is 0. The predicted octanol–water partition coefficient (Wildman–Crippen LogP) is 0.108. The molecule has 0 atom stereocenters. The first-order valence-corrected chi connectivity index (χ1v) is 5.51. The molecular formula is C12H13N3O3. The Balaban J connectivity index is 2.20. The van der Waals surface area contributed by atoms with Crippen molar-refractivity contribution in [3.05, 3.63) is 24.3 Å². The Hall–Kier alpha value is -2.37. The summed E-state index contributed by atoms with van der Waals surface area (Å²) < 4.78 is 0. The summed E-state index contributed by atoms with van der Waals surface area (Å²) >= 11 is 0. The molecule has 0 radical (unpaired) electrons. The van der Waals surface area contributed by atoms with E-state index in [-0.39, 0.29) is 30.8 Å². The maximum Gasteiger partial charge on any atom is 0.246 e. The maximum atomic E-state index is 11.9. The lowest BCUT2D eigenvalue weighted by atomic mass is 10.2. The van der Waals surface area contributed by atoms with Gasteiger partial charge in [0, 0.05) is 6.92 Å². The number of fused-ring (bicyclic) bond motifs is 1. The van der Waals surface area contributed by atoms with E-state index in [0.29, 0.717) is 11.4 Å². The van der Waals surface area contributed by atoms with Crippen molar-refractivity contribution in [1.29, 1.82) is 0 Å². The van der Waals surface area contributed by atoms with Gasteiger partial charge >= 0.3 is 0 Å². The molecule has 1 aliphatic heterocycles. The lowest BCUT2D eigenvalue weighted by molar-refractivity contribution is -0.124. The number of anilines is 2. The Morgan fingerprint density at radius 1 is 1.39 bits per heavy atom. The fraction of sp³-hybridized carbons (Fsp3) is 0.250. The van der Waals surface area contributed by atoms with Crippen molar-refractivity contribution in [2.24, 2.45) is 0 Å². The minimum atomic E-state index is -0.312. The molecule has 0 aromatic heterocycles. The second kappa shape index (κ2) is 4.87. The van der Waals surface area contributed by atoms with Gasteiger partial charge in [-0.15, -0.1) is 0 Å². The van der Waals surface area contributed by atoms with Crippen molar-refractivity contribution in [3.63, 3.8) is 0 Å². The number of hydrogen-bond acceptors (Lipinski definition) is 3. The zero-order chi connectivity index (χ0) is 13.1. The number of nitrogens with one attached hydrogen (secondary N) is 2.